The van der Waals surface area contributed by atoms with Crippen LogP contribution in [0.15, 0.2) is 47.4 Å². The Kier molecular flexibility index (Phi) is 4.88. The predicted octanol–water partition coefficient (Wildman–Crippen LogP) is 2.95. The van der Waals surface area contributed by atoms with Crippen molar-refractivity contribution in [3.8, 4) is 0 Å². The van der Waals surface area contributed by atoms with Gasteiger partial charge in [-0.05, 0) is 55.3 Å². The number of nitrogens with two attached hydrogens (primary N) is 1. The molecule has 21 heavy (non-hydrogen) atoms. The summed E-state index contributed by atoms with van der Waals surface area (Å²) in [6.45, 7) is 2.42. The van der Waals surface area contributed by atoms with Gasteiger partial charge in [-0.25, -0.2) is 8.42 Å². The molecule has 0 saturated carbocycles. The van der Waals surface area contributed by atoms with Crippen molar-refractivity contribution < 1.29 is 8.42 Å². The molecule has 0 aliphatic rings. The van der Waals surface area contributed by atoms with E-state index in [1.807, 2.05) is 6.92 Å². The minimum absolute atomic E-state index is 0.194. The highest BCUT2D eigenvalue weighted by Crippen LogP contribution is 2.25. The summed E-state index contributed by atoms with van der Waals surface area (Å²) in [7, 11) is -3.65. The van der Waals surface area contributed by atoms with Crippen LogP contribution in [0.4, 0.5) is 5.69 Å². The molecule has 4 nitrogen and oxygen atoms in total. The maximum absolute atomic E-state index is 12.3. The maximum atomic E-state index is 12.3. The maximum Gasteiger partial charge on any atom is 0.261 e. The van der Waals surface area contributed by atoms with E-state index in [2.05, 4.69) is 4.72 Å². The molecule has 0 amide bonds. The van der Waals surface area contributed by atoms with Gasteiger partial charge >= 0.3 is 0 Å². The standard InChI is InChI=1S/C15H17ClN2O2S/c1-11-2-7-15(14(16)10-11)18-21(19,20)13-5-3-12(4-6-13)8-9-17/h2-7,10,18H,8-9,17H2,1H3. The molecule has 2 aromatic carbocycles. The van der Waals surface area contributed by atoms with Crippen molar-refractivity contribution in [2.75, 3.05) is 11.3 Å². The van der Waals surface area contributed by atoms with Gasteiger partial charge in [0.2, 0.25) is 0 Å². The fourth-order valence-corrected chi connectivity index (χ4v) is 3.33. The lowest BCUT2D eigenvalue weighted by atomic mass is 10.2. The third-order valence-corrected chi connectivity index (χ3v) is 4.73. The average Bonchev–Trinajstić information content (AvgIpc) is 2.43. The minimum atomic E-state index is -3.65. The Balaban J connectivity index is 2.25. The molecule has 0 bridgehead atoms. The lowest BCUT2D eigenvalue weighted by Gasteiger charge is -2.10. The number of hydrogen-bond acceptors (Lipinski definition) is 3. The lowest BCUT2D eigenvalue weighted by molar-refractivity contribution is 0.601. The predicted molar refractivity (Wildman–Crippen MR) is 86.2 cm³/mol. The number of aryl methyl sites for hydroxylation is 1. The molecule has 0 fully saturated rings. The van der Waals surface area contributed by atoms with E-state index >= 15 is 0 Å². The summed E-state index contributed by atoms with van der Waals surface area (Å²) in [5, 5.41) is 0.373. The minimum Gasteiger partial charge on any atom is -0.330 e. The SMILES string of the molecule is Cc1ccc(NS(=O)(=O)c2ccc(CCN)cc2)c(Cl)c1. The largest absolute Gasteiger partial charge is 0.330 e. The first-order valence-corrected chi connectivity index (χ1v) is 8.36. The number of nitrogens with one attached hydrogen (secondary N) is 1. The van der Waals surface area contributed by atoms with Gasteiger partial charge in [0, 0.05) is 0 Å². The summed E-state index contributed by atoms with van der Waals surface area (Å²) in [4.78, 5) is 0.194. The van der Waals surface area contributed by atoms with Crippen molar-refractivity contribution in [3.63, 3.8) is 0 Å². The fourth-order valence-electron chi connectivity index (χ4n) is 1.91. The summed E-state index contributed by atoms with van der Waals surface area (Å²) >= 11 is 6.05. The molecule has 112 valence electrons. The van der Waals surface area contributed by atoms with Crippen molar-refractivity contribution >= 4 is 27.3 Å². The molecule has 0 aliphatic carbocycles. The Labute approximate surface area is 130 Å². The first kappa shape index (κ1) is 15.8. The topological polar surface area (TPSA) is 72.2 Å². The molecule has 0 atom stereocenters. The van der Waals surface area contributed by atoms with E-state index in [-0.39, 0.29) is 4.90 Å². The Morgan fingerprint density at radius 1 is 1.14 bits per heavy atom. The van der Waals surface area contributed by atoms with Crippen molar-refractivity contribution in [1.29, 1.82) is 0 Å². The molecule has 0 heterocycles. The van der Waals surface area contributed by atoms with Crippen molar-refractivity contribution in [1.82, 2.24) is 0 Å². The second-order valence-electron chi connectivity index (χ2n) is 4.77. The Morgan fingerprint density at radius 2 is 1.81 bits per heavy atom. The highest BCUT2D eigenvalue weighted by molar-refractivity contribution is 7.92. The average molecular weight is 325 g/mol. The fraction of sp³-hybridized carbons (Fsp3) is 0.200. The van der Waals surface area contributed by atoms with Gasteiger partial charge in [-0.15, -0.1) is 0 Å². The molecule has 0 spiro atoms. The van der Waals surface area contributed by atoms with E-state index < -0.39 is 10.0 Å². The van der Waals surface area contributed by atoms with Crippen molar-refractivity contribution in [3.05, 3.63) is 58.6 Å². The first-order valence-electron chi connectivity index (χ1n) is 6.50. The van der Waals surface area contributed by atoms with Gasteiger partial charge < -0.3 is 5.73 Å². The summed E-state index contributed by atoms with van der Waals surface area (Å²) in [5.41, 5.74) is 7.81. The number of benzene rings is 2. The van der Waals surface area contributed by atoms with Crippen LogP contribution in [0, 0.1) is 6.92 Å². The van der Waals surface area contributed by atoms with Crippen LogP contribution in [0.1, 0.15) is 11.1 Å². The molecule has 0 saturated heterocycles. The lowest BCUT2D eigenvalue weighted by Crippen LogP contribution is -2.13. The Bertz CT molecular complexity index is 728. The number of hydrogen-bond donors (Lipinski definition) is 2. The monoisotopic (exact) mass is 324 g/mol. The normalized spacial score (nSPS) is 11.4. The van der Waals surface area contributed by atoms with Gasteiger partial charge in [-0.2, -0.15) is 0 Å². The molecule has 2 rings (SSSR count). The summed E-state index contributed by atoms with van der Waals surface area (Å²) in [5.74, 6) is 0. The summed E-state index contributed by atoms with van der Waals surface area (Å²) in [6, 6.07) is 11.8. The molecule has 2 aromatic rings. The number of sulfonamides is 1. The quantitative estimate of drug-likeness (QED) is 0.888. The van der Waals surface area contributed by atoms with Gasteiger partial charge in [-0.3, -0.25) is 4.72 Å². The molecule has 0 aliphatic heterocycles. The van der Waals surface area contributed by atoms with Gasteiger partial charge in [-0.1, -0.05) is 29.8 Å². The van der Waals surface area contributed by atoms with Crippen LogP contribution in [0.2, 0.25) is 5.02 Å². The zero-order valence-electron chi connectivity index (χ0n) is 11.6. The van der Waals surface area contributed by atoms with Crippen LogP contribution < -0.4 is 10.5 Å². The molecule has 0 aromatic heterocycles. The van der Waals surface area contributed by atoms with Crippen molar-refractivity contribution in [2.45, 2.75) is 18.2 Å². The second kappa shape index (κ2) is 6.47. The molecule has 6 heteroatoms. The van der Waals surface area contributed by atoms with Gasteiger partial charge in [0.25, 0.3) is 10.0 Å². The number of anilines is 1. The zero-order chi connectivity index (χ0) is 15.5. The van der Waals surface area contributed by atoms with Gasteiger partial charge in [0.15, 0.2) is 0 Å². The van der Waals surface area contributed by atoms with Crippen LogP contribution in [-0.4, -0.2) is 15.0 Å². The van der Waals surface area contributed by atoms with Gasteiger partial charge in [0.05, 0.1) is 15.6 Å². The molecule has 0 radical (unpaired) electrons. The summed E-state index contributed by atoms with van der Waals surface area (Å²) < 4.78 is 27.1. The van der Waals surface area contributed by atoms with E-state index in [1.54, 1.807) is 42.5 Å². The smallest absolute Gasteiger partial charge is 0.261 e. The van der Waals surface area contributed by atoms with Crippen LogP contribution in [-0.2, 0) is 16.4 Å². The Morgan fingerprint density at radius 3 is 2.38 bits per heavy atom. The molecule has 3 N–H and O–H groups in total. The third-order valence-electron chi connectivity index (χ3n) is 3.04. The van der Waals surface area contributed by atoms with Crippen LogP contribution >= 0.6 is 11.6 Å². The molecular weight excluding hydrogens is 308 g/mol. The Hall–Kier alpha value is -1.56. The zero-order valence-corrected chi connectivity index (χ0v) is 13.2. The first-order chi connectivity index (χ1) is 9.92. The third kappa shape index (κ3) is 3.97. The summed E-state index contributed by atoms with van der Waals surface area (Å²) in [6.07, 6.45) is 0.720. The molecular formula is C15H17ClN2O2S. The number of rotatable bonds is 5. The van der Waals surface area contributed by atoms with Crippen LogP contribution in [0.3, 0.4) is 0 Å². The van der Waals surface area contributed by atoms with Crippen molar-refractivity contribution in [2.24, 2.45) is 5.73 Å². The van der Waals surface area contributed by atoms with E-state index in [0.717, 1.165) is 17.5 Å². The van der Waals surface area contributed by atoms with Gasteiger partial charge in [0.1, 0.15) is 0 Å². The van der Waals surface area contributed by atoms with Crippen LogP contribution in [0.25, 0.3) is 0 Å². The van der Waals surface area contributed by atoms with E-state index in [1.165, 1.54) is 0 Å². The molecule has 0 unspecified atom stereocenters. The highest BCUT2D eigenvalue weighted by atomic mass is 35.5. The second-order valence-corrected chi connectivity index (χ2v) is 6.86. The van der Waals surface area contributed by atoms with E-state index in [0.29, 0.717) is 17.3 Å². The van der Waals surface area contributed by atoms with E-state index in [9.17, 15) is 8.42 Å². The van der Waals surface area contributed by atoms with E-state index in [4.69, 9.17) is 17.3 Å². The number of halogens is 1. The highest BCUT2D eigenvalue weighted by Gasteiger charge is 2.15. The van der Waals surface area contributed by atoms with Crippen LogP contribution in [0.5, 0.6) is 0 Å².